The quantitative estimate of drug-likeness (QED) is 0.333. The van der Waals surface area contributed by atoms with Crippen LogP contribution in [0.15, 0.2) is 12.2 Å². The first-order valence-electron chi connectivity index (χ1n) is 8.08. The summed E-state index contributed by atoms with van der Waals surface area (Å²) in [7, 11) is 0. The second-order valence-corrected chi connectivity index (χ2v) is 6.06. The molecule has 114 valence electrons. The highest BCUT2D eigenvalue weighted by molar-refractivity contribution is 4.97. The average molecular weight is 274 g/mol. The third kappa shape index (κ3) is 11.1. The van der Waals surface area contributed by atoms with E-state index >= 15 is 0 Å². The van der Waals surface area contributed by atoms with E-state index in [-0.39, 0.29) is 5.41 Å². The Morgan fingerprint density at radius 3 is 1.63 bits per heavy atom. The molecule has 0 fully saturated rings. The first-order valence-corrected chi connectivity index (χ1v) is 8.08. The molecule has 19 heavy (non-hydrogen) atoms. The molecule has 1 unspecified atom stereocenters. The summed E-state index contributed by atoms with van der Waals surface area (Å²) in [5, 5.41) is 0. The number of allylic oxidation sites excluding steroid dienone is 1. The van der Waals surface area contributed by atoms with Crippen molar-refractivity contribution in [2.24, 2.45) is 5.41 Å². The van der Waals surface area contributed by atoms with Crippen LogP contribution >= 0.6 is 0 Å². The predicted molar refractivity (Wildman–Crippen MR) is 80.5 cm³/mol. The summed E-state index contributed by atoms with van der Waals surface area (Å²) in [5.41, 5.74) is -0.293. The molecular formula is C17H32F2. The van der Waals surface area contributed by atoms with Gasteiger partial charge in [0.05, 0.1) is 0 Å². The number of halogens is 2. The molecule has 0 aliphatic heterocycles. The van der Waals surface area contributed by atoms with E-state index in [1.807, 2.05) is 6.92 Å². The van der Waals surface area contributed by atoms with Crippen LogP contribution in [0.25, 0.3) is 0 Å². The molecule has 2 heteroatoms. The van der Waals surface area contributed by atoms with E-state index in [9.17, 15) is 8.78 Å². The van der Waals surface area contributed by atoms with Crippen molar-refractivity contribution in [1.82, 2.24) is 0 Å². The fraction of sp³-hybridized carbons (Fsp3) is 0.882. The Kier molecular flexibility index (Phi) is 11.2. The van der Waals surface area contributed by atoms with Gasteiger partial charge in [-0.25, -0.2) is 0 Å². The lowest BCUT2D eigenvalue weighted by Crippen LogP contribution is -2.13. The van der Waals surface area contributed by atoms with Crippen LogP contribution in [-0.2, 0) is 0 Å². The molecule has 0 bridgehead atoms. The summed E-state index contributed by atoms with van der Waals surface area (Å²) in [6, 6.07) is 0. The van der Waals surface area contributed by atoms with Crippen LogP contribution in [0.3, 0.4) is 0 Å². The van der Waals surface area contributed by atoms with Crippen LogP contribution < -0.4 is 0 Å². The molecule has 0 aliphatic rings. The van der Waals surface area contributed by atoms with Crippen LogP contribution in [0.2, 0.25) is 0 Å². The van der Waals surface area contributed by atoms with Crippen molar-refractivity contribution in [2.75, 3.05) is 0 Å². The van der Waals surface area contributed by atoms with Crippen molar-refractivity contribution in [2.45, 2.75) is 91.4 Å². The number of hydrogen-bond donors (Lipinski definition) is 0. The van der Waals surface area contributed by atoms with E-state index in [2.05, 4.69) is 13.8 Å². The van der Waals surface area contributed by atoms with Gasteiger partial charge in [0.1, 0.15) is 0 Å². The summed E-state index contributed by atoms with van der Waals surface area (Å²) >= 11 is 0. The molecule has 0 radical (unpaired) electrons. The molecule has 0 saturated heterocycles. The molecule has 0 aromatic carbocycles. The standard InChI is InChI=1S/C17H32F2/c1-4-6-8-10-12-14-17(3,15-16(18)19)13-11-9-7-5-2/h15H,4-14H2,1-3H3. The topological polar surface area (TPSA) is 0 Å². The van der Waals surface area contributed by atoms with Crippen molar-refractivity contribution in [3.63, 3.8) is 0 Å². The lowest BCUT2D eigenvalue weighted by atomic mass is 9.80. The molecule has 0 heterocycles. The van der Waals surface area contributed by atoms with Gasteiger partial charge in [0, 0.05) is 0 Å². The third-order valence-electron chi connectivity index (χ3n) is 3.91. The van der Waals surface area contributed by atoms with Crippen LogP contribution in [0.5, 0.6) is 0 Å². The molecule has 0 saturated carbocycles. The van der Waals surface area contributed by atoms with E-state index in [1.165, 1.54) is 51.0 Å². The minimum absolute atomic E-state index is 0.293. The Balaban J connectivity index is 4.08. The zero-order valence-corrected chi connectivity index (χ0v) is 13.1. The smallest absolute Gasteiger partial charge is 0.174 e. The maximum absolute atomic E-state index is 12.6. The summed E-state index contributed by atoms with van der Waals surface area (Å²) in [6.07, 6.45) is 12.2. The van der Waals surface area contributed by atoms with Gasteiger partial charge in [-0.3, -0.25) is 0 Å². The zero-order chi connectivity index (χ0) is 14.6. The van der Waals surface area contributed by atoms with Gasteiger partial charge in [-0.15, -0.1) is 0 Å². The molecule has 0 nitrogen and oxygen atoms in total. The van der Waals surface area contributed by atoms with E-state index in [1.54, 1.807) is 0 Å². The van der Waals surface area contributed by atoms with Crippen molar-refractivity contribution in [1.29, 1.82) is 0 Å². The van der Waals surface area contributed by atoms with Gasteiger partial charge < -0.3 is 0 Å². The average Bonchev–Trinajstić information content (AvgIpc) is 2.34. The highest BCUT2D eigenvalue weighted by atomic mass is 19.3. The normalized spacial score (nSPS) is 14.2. The van der Waals surface area contributed by atoms with Crippen molar-refractivity contribution in [3.05, 3.63) is 12.2 Å². The fourth-order valence-corrected chi connectivity index (χ4v) is 2.62. The third-order valence-corrected chi connectivity index (χ3v) is 3.91. The number of hydrogen-bond acceptors (Lipinski definition) is 0. The van der Waals surface area contributed by atoms with Gasteiger partial charge in [0.2, 0.25) is 0 Å². The van der Waals surface area contributed by atoms with Crippen LogP contribution in [-0.4, -0.2) is 0 Å². The van der Waals surface area contributed by atoms with Gasteiger partial charge in [0.25, 0.3) is 6.08 Å². The first kappa shape index (κ1) is 18.6. The number of rotatable bonds is 12. The van der Waals surface area contributed by atoms with E-state index < -0.39 is 6.08 Å². The highest BCUT2D eigenvalue weighted by Gasteiger charge is 2.22. The minimum atomic E-state index is -1.51. The Morgan fingerprint density at radius 2 is 1.21 bits per heavy atom. The second kappa shape index (κ2) is 11.4. The van der Waals surface area contributed by atoms with E-state index in [0.29, 0.717) is 0 Å². The Hall–Kier alpha value is -0.400. The minimum Gasteiger partial charge on any atom is -0.174 e. The van der Waals surface area contributed by atoms with Gasteiger partial charge in [-0.1, -0.05) is 78.6 Å². The van der Waals surface area contributed by atoms with Gasteiger partial charge >= 0.3 is 0 Å². The predicted octanol–water partition coefficient (Wildman–Crippen LogP) is 7.10. The monoisotopic (exact) mass is 274 g/mol. The van der Waals surface area contributed by atoms with Crippen LogP contribution in [0.4, 0.5) is 8.78 Å². The molecule has 0 aromatic rings. The lowest BCUT2D eigenvalue weighted by molar-refractivity contribution is 0.304. The summed E-state index contributed by atoms with van der Waals surface area (Å²) in [5.74, 6) is 0. The van der Waals surface area contributed by atoms with Gasteiger partial charge in [0.15, 0.2) is 0 Å². The van der Waals surface area contributed by atoms with Crippen molar-refractivity contribution < 1.29 is 8.78 Å². The Labute approximate surface area is 118 Å². The van der Waals surface area contributed by atoms with E-state index in [4.69, 9.17) is 0 Å². The molecule has 0 spiro atoms. The zero-order valence-electron chi connectivity index (χ0n) is 13.1. The largest absolute Gasteiger partial charge is 0.266 e. The van der Waals surface area contributed by atoms with E-state index in [0.717, 1.165) is 25.7 Å². The summed E-state index contributed by atoms with van der Waals surface area (Å²) in [6.45, 7) is 6.37. The van der Waals surface area contributed by atoms with Crippen molar-refractivity contribution in [3.8, 4) is 0 Å². The second-order valence-electron chi connectivity index (χ2n) is 6.06. The maximum Gasteiger partial charge on any atom is 0.266 e. The first-order chi connectivity index (χ1) is 9.04. The molecule has 1 atom stereocenters. The summed E-state index contributed by atoms with van der Waals surface area (Å²) in [4.78, 5) is 0. The molecule has 0 aliphatic carbocycles. The number of unbranched alkanes of at least 4 members (excludes halogenated alkanes) is 7. The molecule has 0 N–H and O–H groups in total. The SMILES string of the molecule is CCCCCCCC(C)(C=C(F)F)CCCCCC. The van der Waals surface area contributed by atoms with Crippen LogP contribution in [0.1, 0.15) is 91.4 Å². The van der Waals surface area contributed by atoms with Gasteiger partial charge in [-0.2, -0.15) is 8.78 Å². The molecule has 0 aromatic heterocycles. The van der Waals surface area contributed by atoms with Crippen LogP contribution in [0, 0.1) is 5.41 Å². The molecule has 0 amide bonds. The molecular weight excluding hydrogens is 242 g/mol. The Morgan fingerprint density at radius 1 is 0.789 bits per heavy atom. The molecule has 0 rings (SSSR count). The lowest BCUT2D eigenvalue weighted by Gasteiger charge is -2.25. The Bertz CT molecular complexity index is 231. The maximum atomic E-state index is 12.6. The van der Waals surface area contributed by atoms with Gasteiger partial charge in [-0.05, 0) is 24.3 Å². The fourth-order valence-electron chi connectivity index (χ4n) is 2.62. The highest BCUT2D eigenvalue weighted by Crippen LogP contribution is 2.34. The van der Waals surface area contributed by atoms with Crippen molar-refractivity contribution >= 4 is 0 Å². The summed E-state index contributed by atoms with van der Waals surface area (Å²) < 4.78 is 25.2.